The van der Waals surface area contributed by atoms with E-state index >= 15 is 0 Å². The van der Waals surface area contributed by atoms with Gasteiger partial charge in [-0.1, -0.05) is 0 Å². The quantitative estimate of drug-likeness (QED) is 0.668. The number of piperidine rings is 1. The topological polar surface area (TPSA) is 78.7 Å². The minimum absolute atomic E-state index is 0.0770. The predicted molar refractivity (Wildman–Crippen MR) is 67.9 cm³/mol. The number of likely N-dealkylation sites (tertiary alicyclic amines) is 1. The van der Waals surface area contributed by atoms with Crippen LogP contribution in [0.4, 0.5) is 4.79 Å². The first-order valence-corrected chi connectivity index (χ1v) is 6.65. The van der Waals surface area contributed by atoms with Crippen molar-refractivity contribution in [3.8, 4) is 0 Å². The number of primary amides is 1. The number of nitrogens with zero attached hydrogens (tertiary/aromatic N) is 2. The van der Waals surface area contributed by atoms with Crippen LogP contribution in [0.5, 0.6) is 0 Å². The lowest BCUT2D eigenvalue weighted by molar-refractivity contribution is -0.139. The van der Waals surface area contributed by atoms with Crippen molar-refractivity contribution in [1.82, 2.24) is 15.1 Å². The molecule has 2 atom stereocenters. The summed E-state index contributed by atoms with van der Waals surface area (Å²) in [5.74, 6) is 0.0988. The Morgan fingerprint density at radius 2 is 2.11 bits per heavy atom. The maximum Gasteiger partial charge on any atom is 0.314 e. The van der Waals surface area contributed by atoms with Gasteiger partial charge in [0.05, 0.1) is 5.92 Å². The lowest BCUT2D eigenvalue weighted by Gasteiger charge is -2.39. The molecule has 0 bridgehead atoms. The molecule has 18 heavy (non-hydrogen) atoms. The molecule has 0 aromatic carbocycles. The molecule has 0 saturated carbocycles. The van der Waals surface area contributed by atoms with Crippen LogP contribution < -0.4 is 11.1 Å². The molecule has 102 valence electrons. The number of rotatable bonds is 1. The standard InChI is InChI=1S/C12H22N4O2/c1-9-7-14-4-6-16(9)11(17)10-3-2-5-15(8-10)12(13)18/h9-10,14H,2-8H2,1H3,(H2,13,18)/t9-,10?/m1/s1. The largest absolute Gasteiger partial charge is 0.351 e. The molecule has 0 aromatic rings. The first-order valence-electron chi connectivity index (χ1n) is 6.65. The predicted octanol–water partition coefficient (Wildman–Crippen LogP) is -0.403. The molecular formula is C12H22N4O2. The lowest BCUT2D eigenvalue weighted by Crippen LogP contribution is -2.56. The van der Waals surface area contributed by atoms with Crippen molar-refractivity contribution in [2.75, 3.05) is 32.7 Å². The number of amides is 3. The van der Waals surface area contributed by atoms with Gasteiger partial charge in [-0.25, -0.2) is 4.79 Å². The van der Waals surface area contributed by atoms with Crippen molar-refractivity contribution < 1.29 is 9.59 Å². The summed E-state index contributed by atoms with van der Waals surface area (Å²) in [7, 11) is 0. The van der Waals surface area contributed by atoms with Gasteiger partial charge in [0.2, 0.25) is 5.91 Å². The van der Waals surface area contributed by atoms with E-state index in [-0.39, 0.29) is 17.9 Å². The first kappa shape index (κ1) is 13.1. The highest BCUT2D eigenvalue weighted by Gasteiger charge is 2.33. The second-order valence-corrected chi connectivity index (χ2v) is 5.21. The average Bonchev–Trinajstić information content (AvgIpc) is 2.38. The molecule has 0 aliphatic carbocycles. The molecule has 3 N–H and O–H groups in total. The van der Waals surface area contributed by atoms with E-state index in [1.165, 1.54) is 0 Å². The van der Waals surface area contributed by atoms with Gasteiger partial charge in [0.15, 0.2) is 0 Å². The van der Waals surface area contributed by atoms with Gasteiger partial charge in [-0.05, 0) is 19.8 Å². The number of urea groups is 1. The molecule has 0 aromatic heterocycles. The third-order valence-corrected chi connectivity index (χ3v) is 3.87. The van der Waals surface area contributed by atoms with E-state index < -0.39 is 6.03 Å². The number of hydrogen-bond donors (Lipinski definition) is 2. The van der Waals surface area contributed by atoms with Gasteiger partial charge in [-0.2, -0.15) is 0 Å². The van der Waals surface area contributed by atoms with E-state index in [0.29, 0.717) is 13.1 Å². The van der Waals surface area contributed by atoms with Crippen molar-refractivity contribution in [3.05, 3.63) is 0 Å². The van der Waals surface area contributed by atoms with Gasteiger partial charge in [0.25, 0.3) is 0 Å². The van der Waals surface area contributed by atoms with Gasteiger partial charge >= 0.3 is 6.03 Å². The Balaban J connectivity index is 1.97. The van der Waals surface area contributed by atoms with E-state index in [0.717, 1.165) is 32.5 Å². The van der Waals surface area contributed by atoms with Crippen molar-refractivity contribution in [3.63, 3.8) is 0 Å². The molecule has 3 amide bonds. The van der Waals surface area contributed by atoms with E-state index in [4.69, 9.17) is 5.73 Å². The molecule has 2 aliphatic rings. The second-order valence-electron chi connectivity index (χ2n) is 5.21. The van der Waals surface area contributed by atoms with Gasteiger partial charge in [0, 0.05) is 38.8 Å². The van der Waals surface area contributed by atoms with Crippen LogP contribution in [0.3, 0.4) is 0 Å². The van der Waals surface area contributed by atoms with Crippen molar-refractivity contribution >= 4 is 11.9 Å². The molecule has 0 spiro atoms. The van der Waals surface area contributed by atoms with Crippen molar-refractivity contribution in [2.24, 2.45) is 11.7 Å². The molecular weight excluding hydrogens is 232 g/mol. The minimum atomic E-state index is -0.416. The molecule has 2 saturated heterocycles. The van der Waals surface area contributed by atoms with Crippen LogP contribution in [-0.4, -0.2) is 60.5 Å². The van der Waals surface area contributed by atoms with Gasteiger partial charge in [-0.15, -0.1) is 0 Å². The Bertz CT molecular complexity index is 334. The highest BCUT2D eigenvalue weighted by atomic mass is 16.2. The Morgan fingerprint density at radius 1 is 1.33 bits per heavy atom. The van der Waals surface area contributed by atoms with Gasteiger partial charge in [0.1, 0.15) is 0 Å². The smallest absolute Gasteiger partial charge is 0.314 e. The molecule has 2 heterocycles. The monoisotopic (exact) mass is 254 g/mol. The molecule has 2 rings (SSSR count). The van der Waals surface area contributed by atoms with Crippen LogP contribution in [0.25, 0.3) is 0 Å². The summed E-state index contributed by atoms with van der Waals surface area (Å²) >= 11 is 0. The van der Waals surface area contributed by atoms with Crippen molar-refractivity contribution in [1.29, 1.82) is 0 Å². The van der Waals surface area contributed by atoms with Crippen LogP contribution in [0.15, 0.2) is 0 Å². The summed E-state index contributed by atoms with van der Waals surface area (Å²) in [6, 6.07) is -0.184. The number of nitrogens with two attached hydrogens (primary N) is 1. The Hall–Kier alpha value is -1.30. The molecule has 6 nitrogen and oxygen atoms in total. The lowest BCUT2D eigenvalue weighted by atomic mass is 9.95. The first-order chi connectivity index (χ1) is 8.59. The van der Waals surface area contributed by atoms with Crippen LogP contribution in [-0.2, 0) is 4.79 Å². The molecule has 2 fully saturated rings. The zero-order valence-electron chi connectivity index (χ0n) is 10.9. The number of hydrogen-bond acceptors (Lipinski definition) is 3. The molecule has 1 unspecified atom stereocenters. The number of piperazine rings is 1. The maximum absolute atomic E-state index is 12.5. The van der Waals surface area contributed by atoms with E-state index in [1.54, 1.807) is 4.90 Å². The van der Waals surface area contributed by atoms with Crippen molar-refractivity contribution in [2.45, 2.75) is 25.8 Å². The third-order valence-electron chi connectivity index (χ3n) is 3.87. The van der Waals surface area contributed by atoms with E-state index in [1.807, 2.05) is 4.90 Å². The SMILES string of the molecule is C[C@@H]1CNCCN1C(=O)C1CCCN(C(N)=O)C1. The second kappa shape index (κ2) is 5.56. The van der Waals surface area contributed by atoms with Crippen LogP contribution >= 0.6 is 0 Å². The van der Waals surface area contributed by atoms with Crippen LogP contribution in [0.2, 0.25) is 0 Å². The zero-order valence-corrected chi connectivity index (χ0v) is 10.9. The maximum atomic E-state index is 12.5. The number of carbonyl (C=O) groups excluding carboxylic acids is 2. The summed E-state index contributed by atoms with van der Waals surface area (Å²) in [6.07, 6.45) is 1.72. The highest BCUT2D eigenvalue weighted by Crippen LogP contribution is 2.20. The van der Waals surface area contributed by atoms with E-state index in [2.05, 4.69) is 12.2 Å². The summed E-state index contributed by atoms with van der Waals surface area (Å²) in [5.41, 5.74) is 5.29. The Labute approximate surface area is 107 Å². The summed E-state index contributed by atoms with van der Waals surface area (Å²) < 4.78 is 0. The fraction of sp³-hybridized carbons (Fsp3) is 0.833. The Kier molecular flexibility index (Phi) is 4.06. The number of carbonyl (C=O) groups is 2. The van der Waals surface area contributed by atoms with E-state index in [9.17, 15) is 9.59 Å². The number of nitrogens with one attached hydrogen (secondary N) is 1. The zero-order chi connectivity index (χ0) is 13.1. The van der Waals surface area contributed by atoms with Crippen LogP contribution in [0.1, 0.15) is 19.8 Å². The van der Waals surface area contributed by atoms with Gasteiger partial charge < -0.3 is 20.9 Å². The molecule has 0 radical (unpaired) electrons. The Morgan fingerprint density at radius 3 is 2.78 bits per heavy atom. The summed E-state index contributed by atoms with van der Waals surface area (Å²) in [4.78, 5) is 27.1. The summed E-state index contributed by atoms with van der Waals surface area (Å²) in [6.45, 7) is 5.66. The van der Waals surface area contributed by atoms with Crippen LogP contribution in [0, 0.1) is 5.92 Å². The highest BCUT2D eigenvalue weighted by molar-refractivity contribution is 5.81. The normalized spacial score (nSPS) is 29.2. The third kappa shape index (κ3) is 2.75. The minimum Gasteiger partial charge on any atom is -0.351 e. The summed E-state index contributed by atoms with van der Waals surface area (Å²) in [5, 5.41) is 3.27. The molecule has 6 heteroatoms. The van der Waals surface area contributed by atoms with Gasteiger partial charge in [-0.3, -0.25) is 4.79 Å². The molecule has 2 aliphatic heterocycles. The fourth-order valence-electron chi connectivity index (χ4n) is 2.78. The fourth-order valence-corrected chi connectivity index (χ4v) is 2.78. The average molecular weight is 254 g/mol.